The molecule has 1 N–H and O–H groups in total. The van der Waals surface area contributed by atoms with Crippen LogP contribution in [0.1, 0.15) is 16.1 Å². The van der Waals surface area contributed by atoms with Crippen molar-refractivity contribution in [2.24, 2.45) is 0 Å². The van der Waals surface area contributed by atoms with Gasteiger partial charge in [0.05, 0.1) is 11.9 Å². The Morgan fingerprint density at radius 2 is 2.18 bits per heavy atom. The summed E-state index contributed by atoms with van der Waals surface area (Å²) in [5.41, 5.74) is 0.807. The van der Waals surface area contributed by atoms with Crippen LogP contribution in [-0.4, -0.2) is 47.0 Å². The Bertz CT molecular complexity index is 602. The number of pyridine rings is 1. The molecule has 0 radical (unpaired) electrons. The average molecular weight is 361 g/mol. The molecule has 0 saturated carbocycles. The molecule has 0 aliphatic carbocycles. The molecule has 1 unspecified atom stereocenters. The van der Waals surface area contributed by atoms with E-state index in [0.29, 0.717) is 4.88 Å². The van der Waals surface area contributed by atoms with Gasteiger partial charge in [-0.3, -0.25) is 9.78 Å². The molecule has 1 fully saturated rings. The first-order chi connectivity index (χ1) is 9.75. The maximum Gasteiger partial charge on any atom is 0.265 e. The van der Waals surface area contributed by atoms with E-state index in [1.807, 2.05) is 30.1 Å². The second-order valence-corrected chi connectivity index (χ2v) is 5.84. The van der Waals surface area contributed by atoms with Crippen molar-refractivity contribution in [1.82, 2.24) is 20.2 Å². The van der Waals surface area contributed by atoms with Crippen LogP contribution in [0.4, 0.5) is 0 Å². The maximum absolute atomic E-state index is 12.4. The van der Waals surface area contributed by atoms with Crippen LogP contribution in [0, 0.1) is 0 Å². The molecule has 1 aliphatic heterocycles. The maximum atomic E-state index is 12.4. The van der Waals surface area contributed by atoms with E-state index in [9.17, 15) is 4.79 Å². The Balaban J connectivity index is 0.00000121. The van der Waals surface area contributed by atoms with Gasteiger partial charge in [-0.25, -0.2) is 4.98 Å². The third-order valence-electron chi connectivity index (χ3n) is 3.50. The number of hydrogen-bond donors (Lipinski definition) is 1. The lowest BCUT2D eigenvalue weighted by atomic mass is 10.2. The Morgan fingerprint density at radius 3 is 2.82 bits per heavy atom. The Hall–Kier alpha value is -1.21. The summed E-state index contributed by atoms with van der Waals surface area (Å²) in [6.45, 7) is 1.85. The molecule has 1 atom stereocenters. The van der Waals surface area contributed by atoms with Crippen molar-refractivity contribution in [1.29, 1.82) is 0 Å². The van der Waals surface area contributed by atoms with Crippen molar-refractivity contribution < 1.29 is 4.79 Å². The molecule has 0 spiro atoms. The summed E-state index contributed by atoms with van der Waals surface area (Å²) in [6.07, 6.45) is 4.39. The first kappa shape index (κ1) is 18.8. The highest BCUT2D eigenvalue weighted by Gasteiger charge is 2.25. The molecular formula is C14H18Cl2N4OS. The minimum absolute atomic E-state index is 0. The van der Waals surface area contributed by atoms with Gasteiger partial charge in [-0.05, 0) is 25.1 Å². The van der Waals surface area contributed by atoms with Gasteiger partial charge in [0.1, 0.15) is 9.88 Å². The molecule has 120 valence electrons. The number of nitrogens with zero attached hydrogens (tertiary/aromatic N) is 3. The summed E-state index contributed by atoms with van der Waals surface area (Å²) in [5.74, 6) is 0.0402. The fourth-order valence-corrected chi connectivity index (χ4v) is 3.17. The van der Waals surface area contributed by atoms with E-state index in [1.54, 1.807) is 12.4 Å². The molecule has 3 heterocycles. The van der Waals surface area contributed by atoms with Gasteiger partial charge >= 0.3 is 0 Å². The van der Waals surface area contributed by atoms with Gasteiger partial charge in [0.25, 0.3) is 5.91 Å². The number of halogens is 2. The first-order valence-electron chi connectivity index (χ1n) is 6.61. The molecule has 0 aromatic carbocycles. The van der Waals surface area contributed by atoms with E-state index < -0.39 is 0 Å². The van der Waals surface area contributed by atoms with E-state index in [4.69, 9.17) is 0 Å². The van der Waals surface area contributed by atoms with Crippen molar-refractivity contribution in [3.63, 3.8) is 0 Å². The SMILES string of the molecule is CN(C(=O)c1cnc(-c2ccccn2)s1)C1CCNC1.Cl.Cl. The van der Waals surface area contributed by atoms with Crippen LogP contribution >= 0.6 is 36.2 Å². The van der Waals surface area contributed by atoms with E-state index in [1.165, 1.54) is 11.3 Å². The summed E-state index contributed by atoms with van der Waals surface area (Å²) < 4.78 is 0. The first-order valence-corrected chi connectivity index (χ1v) is 7.42. The second-order valence-electron chi connectivity index (χ2n) is 4.81. The summed E-state index contributed by atoms with van der Waals surface area (Å²) in [7, 11) is 1.86. The number of carbonyl (C=O) groups is 1. The standard InChI is InChI=1S/C14H16N4OS.2ClH/c1-18(10-5-7-15-8-10)14(19)12-9-17-13(20-12)11-4-2-3-6-16-11;;/h2-4,6,9-10,15H,5,7-8H2,1H3;2*1H. The Morgan fingerprint density at radius 1 is 1.36 bits per heavy atom. The summed E-state index contributed by atoms with van der Waals surface area (Å²) in [4.78, 5) is 23.5. The number of thiazole rings is 1. The highest BCUT2D eigenvalue weighted by atomic mass is 35.5. The lowest BCUT2D eigenvalue weighted by Crippen LogP contribution is -2.37. The van der Waals surface area contributed by atoms with E-state index in [-0.39, 0.29) is 36.8 Å². The highest BCUT2D eigenvalue weighted by molar-refractivity contribution is 7.16. The second kappa shape index (κ2) is 8.43. The Labute approximate surface area is 146 Å². The van der Waals surface area contributed by atoms with Crippen molar-refractivity contribution in [3.05, 3.63) is 35.5 Å². The summed E-state index contributed by atoms with van der Waals surface area (Å²) >= 11 is 1.40. The van der Waals surface area contributed by atoms with Crippen LogP contribution in [0.15, 0.2) is 30.6 Å². The zero-order valence-electron chi connectivity index (χ0n) is 12.1. The van der Waals surface area contributed by atoms with Gasteiger partial charge in [-0.2, -0.15) is 0 Å². The van der Waals surface area contributed by atoms with Crippen LogP contribution in [0.25, 0.3) is 10.7 Å². The van der Waals surface area contributed by atoms with Crippen LogP contribution in [0.2, 0.25) is 0 Å². The zero-order valence-corrected chi connectivity index (χ0v) is 14.5. The van der Waals surface area contributed by atoms with Gasteiger partial charge in [0.2, 0.25) is 0 Å². The molecular weight excluding hydrogens is 343 g/mol. The van der Waals surface area contributed by atoms with Gasteiger partial charge in [-0.1, -0.05) is 6.07 Å². The molecule has 1 amide bonds. The normalized spacial score (nSPS) is 16.5. The number of rotatable bonds is 3. The minimum atomic E-state index is 0. The molecule has 8 heteroatoms. The van der Waals surface area contributed by atoms with Crippen molar-refractivity contribution in [2.45, 2.75) is 12.5 Å². The highest BCUT2D eigenvalue weighted by Crippen LogP contribution is 2.24. The molecule has 1 saturated heterocycles. The average Bonchev–Trinajstić information content (AvgIpc) is 3.18. The minimum Gasteiger partial charge on any atom is -0.337 e. The number of hydrogen-bond acceptors (Lipinski definition) is 5. The van der Waals surface area contributed by atoms with Crippen molar-refractivity contribution in [3.8, 4) is 10.7 Å². The number of amides is 1. The lowest BCUT2D eigenvalue weighted by molar-refractivity contribution is 0.0748. The third kappa shape index (κ3) is 3.95. The predicted octanol–water partition coefficient (Wildman–Crippen LogP) is 2.48. The number of likely N-dealkylation sites (N-methyl/N-ethyl adjacent to an activating group) is 1. The molecule has 2 aromatic heterocycles. The van der Waals surface area contributed by atoms with Crippen LogP contribution in [0.5, 0.6) is 0 Å². The topological polar surface area (TPSA) is 58.1 Å². The van der Waals surface area contributed by atoms with Crippen molar-refractivity contribution in [2.75, 3.05) is 20.1 Å². The van der Waals surface area contributed by atoms with Gasteiger partial charge in [0, 0.05) is 25.8 Å². The molecule has 5 nitrogen and oxygen atoms in total. The zero-order chi connectivity index (χ0) is 13.9. The molecule has 22 heavy (non-hydrogen) atoms. The Kier molecular flexibility index (Phi) is 7.22. The number of aromatic nitrogens is 2. The summed E-state index contributed by atoms with van der Waals surface area (Å²) in [5, 5.41) is 4.06. The lowest BCUT2D eigenvalue weighted by Gasteiger charge is -2.22. The van der Waals surface area contributed by atoms with Crippen LogP contribution in [-0.2, 0) is 0 Å². The molecule has 2 aromatic rings. The molecule has 3 rings (SSSR count). The van der Waals surface area contributed by atoms with Gasteiger partial charge in [0.15, 0.2) is 0 Å². The third-order valence-corrected chi connectivity index (χ3v) is 4.51. The van der Waals surface area contributed by atoms with E-state index in [0.717, 1.165) is 30.2 Å². The number of nitrogens with one attached hydrogen (secondary N) is 1. The summed E-state index contributed by atoms with van der Waals surface area (Å²) in [6, 6.07) is 5.96. The van der Waals surface area contributed by atoms with Gasteiger partial charge < -0.3 is 10.2 Å². The van der Waals surface area contributed by atoms with Crippen LogP contribution < -0.4 is 5.32 Å². The number of carbonyl (C=O) groups excluding carboxylic acids is 1. The molecule has 0 bridgehead atoms. The molecule has 1 aliphatic rings. The van der Waals surface area contributed by atoms with E-state index >= 15 is 0 Å². The van der Waals surface area contributed by atoms with Crippen LogP contribution in [0.3, 0.4) is 0 Å². The monoisotopic (exact) mass is 360 g/mol. The quantitative estimate of drug-likeness (QED) is 0.913. The van der Waals surface area contributed by atoms with Crippen molar-refractivity contribution >= 4 is 42.1 Å². The fraction of sp³-hybridized carbons (Fsp3) is 0.357. The van der Waals surface area contributed by atoms with E-state index in [2.05, 4.69) is 15.3 Å². The largest absolute Gasteiger partial charge is 0.337 e. The fourth-order valence-electron chi connectivity index (χ4n) is 2.29. The van der Waals surface area contributed by atoms with Gasteiger partial charge in [-0.15, -0.1) is 36.2 Å². The predicted molar refractivity (Wildman–Crippen MR) is 93.2 cm³/mol. The smallest absolute Gasteiger partial charge is 0.265 e.